The standard InChI is InChI=1S/C14H16FN3O2/c15-11-3-1-10(2-4-11)8-17-9-12-7-16-5-6-18(12)14(20)13(17)19/h1-4,12,16H,5-9H2. The number of carbonyl (C=O) groups excluding carboxylic acids is 2. The highest BCUT2D eigenvalue weighted by Crippen LogP contribution is 2.16. The van der Waals surface area contributed by atoms with E-state index in [0.717, 1.165) is 12.1 Å². The van der Waals surface area contributed by atoms with Gasteiger partial charge in [-0.3, -0.25) is 9.59 Å². The van der Waals surface area contributed by atoms with E-state index < -0.39 is 11.8 Å². The summed E-state index contributed by atoms with van der Waals surface area (Å²) in [5.41, 5.74) is 0.824. The topological polar surface area (TPSA) is 52.7 Å². The summed E-state index contributed by atoms with van der Waals surface area (Å²) in [5.74, 6) is -1.20. The fourth-order valence-electron chi connectivity index (χ4n) is 2.73. The average Bonchev–Trinajstić information content (AvgIpc) is 2.47. The van der Waals surface area contributed by atoms with Crippen LogP contribution in [0.2, 0.25) is 0 Å². The van der Waals surface area contributed by atoms with E-state index in [1.165, 1.54) is 12.1 Å². The Labute approximate surface area is 116 Å². The third-order valence-corrected chi connectivity index (χ3v) is 3.80. The minimum Gasteiger partial charge on any atom is -0.328 e. The van der Waals surface area contributed by atoms with Crippen molar-refractivity contribution >= 4 is 11.8 Å². The first-order chi connectivity index (χ1) is 9.65. The van der Waals surface area contributed by atoms with Gasteiger partial charge < -0.3 is 15.1 Å². The summed E-state index contributed by atoms with van der Waals surface area (Å²) < 4.78 is 12.9. The monoisotopic (exact) mass is 277 g/mol. The molecule has 0 spiro atoms. The largest absolute Gasteiger partial charge is 0.328 e. The van der Waals surface area contributed by atoms with Crippen LogP contribution in [0.5, 0.6) is 0 Å². The van der Waals surface area contributed by atoms with E-state index in [2.05, 4.69) is 5.32 Å². The van der Waals surface area contributed by atoms with E-state index in [-0.39, 0.29) is 11.9 Å². The summed E-state index contributed by atoms with van der Waals surface area (Å²) in [6, 6.07) is 6.03. The van der Waals surface area contributed by atoms with Crippen LogP contribution >= 0.6 is 0 Å². The number of carbonyl (C=O) groups is 2. The van der Waals surface area contributed by atoms with Crippen LogP contribution in [0.1, 0.15) is 5.56 Å². The highest BCUT2D eigenvalue weighted by atomic mass is 19.1. The Kier molecular flexibility index (Phi) is 3.40. The SMILES string of the molecule is O=C1C(=O)N2CCNCC2CN1Cc1ccc(F)cc1. The van der Waals surface area contributed by atoms with Gasteiger partial charge in [-0.15, -0.1) is 0 Å². The Morgan fingerprint density at radius 3 is 2.70 bits per heavy atom. The number of hydrogen-bond acceptors (Lipinski definition) is 3. The lowest BCUT2D eigenvalue weighted by molar-refractivity contribution is -0.160. The van der Waals surface area contributed by atoms with E-state index in [0.29, 0.717) is 26.2 Å². The van der Waals surface area contributed by atoms with Gasteiger partial charge in [0.2, 0.25) is 0 Å². The smallest absolute Gasteiger partial charge is 0.312 e. The first kappa shape index (κ1) is 13.1. The first-order valence-electron chi connectivity index (χ1n) is 6.70. The number of hydrogen-bond donors (Lipinski definition) is 1. The van der Waals surface area contributed by atoms with Crippen LogP contribution in [0.4, 0.5) is 4.39 Å². The van der Waals surface area contributed by atoms with Crippen molar-refractivity contribution in [3.63, 3.8) is 0 Å². The molecule has 2 heterocycles. The van der Waals surface area contributed by atoms with Crippen molar-refractivity contribution in [1.29, 1.82) is 0 Å². The van der Waals surface area contributed by atoms with Gasteiger partial charge in [0.25, 0.3) is 0 Å². The molecule has 1 aromatic rings. The number of amides is 2. The molecule has 0 aliphatic carbocycles. The number of nitrogens with one attached hydrogen (secondary N) is 1. The Hall–Kier alpha value is -1.95. The lowest BCUT2D eigenvalue weighted by atomic mass is 10.1. The molecule has 1 unspecified atom stereocenters. The molecule has 2 aliphatic heterocycles. The van der Waals surface area contributed by atoms with Gasteiger partial charge in [0.1, 0.15) is 5.82 Å². The zero-order valence-corrected chi connectivity index (χ0v) is 11.0. The van der Waals surface area contributed by atoms with E-state index in [4.69, 9.17) is 0 Å². The number of nitrogens with zero attached hydrogens (tertiary/aromatic N) is 2. The van der Waals surface area contributed by atoms with Gasteiger partial charge in [-0.05, 0) is 17.7 Å². The normalized spacial score (nSPS) is 22.9. The van der Waals surface area contributed by atoms with Crippen molar-refractivity contribution in [3.8, 4) is 0 Å². The molecule has 2 amide bonds. The lowest BCUT2D eigenvalue weighted by Gasteiger charge is -2.43. The molecular formula is C14H16FN3O2. The number of rotatable bonds is 2. The molecule has 2 saturated heterocycles. The second kappa shape index (κ2) is 5.20. The summed E-state index contributed by atoms with van der Waals surface area (Å²) >= 11 is 0. The summed E-state index contributed by atoms with van der Waals surface area (Å²) in [4.78, 5) is 27.4. The number of piperazine rings is 2. The molecule has 6 heteroatoms. The van der Waals surface area contributed by atoms with Crippen LogP contribution in [0.3, 0.4) is 0 Å². The van der Waals surface area contributed by atoms with Crippen molar-refractivity contribution in [2.45, 2.75) is 12.6 Å². The van der Waals surface area contributed by atoms with Gasteiger partial charge in [0, 0.05) is 32.7 Å². The lowest BCUT2D eigenvalue weighted by Crippen LogP contribution is -2.65. The Bertz CT molecular complexity index is 532. The van der Waals surface area contributed by atoms with Crippen molar-refractivity contribution in [2.24, 2.45) is 0 Å². The van der Waals surface area contributed by atoms with Crippen LogP contribution in [0.25, 0.3) is 0 Å². The molecule has 1 N–H and O–H groups in total. The average molecular weight is 277 g/mol. The predicted molar refractivity (Wildman–Crippen MR) is 70.2 cm³/mol. The van der Waals surface area contributed by atoms with Gasteiger partial charge in [-0.1, -0.05) is 12.1 Å². The molecule has 2 fully saturated rings. The van der Waals surface area contributed by atoms with E-state index in [9.17, 15) is 14.0 Å². The molecule has 20 heavy (non-hydrogen) atoms. The summed E-state index contributed by atoms with van der Waals surface area (Å²) in [5, 5.41) is 3.23. The Morgan fingerprint density at radius 2 is 1.95 bits per heavy atom. The summed E-state index contributed by atoms with van der Waals surface area (Å²) in [7, 11) is 0. The highest BCUT2D eigenvalue weighted by molar-refractivity contribution is 6.35. The molecule has 1 atom stereocenters. The molecule has 3 rings (SSSR count). The van der Waals surface area contributed by atoms with Crippen molar-refractivity contribution < 1.29 is 14.0 Å². The number of halogens is 1. The second-order valence-electron chi connectivity index (χ2n) is 5.17. The van der Waals surface area contributed by atoms with Gasteiger partial charge in [-0.25, -0.2) is 4.39 Å². The second-order valence-corrected chi connectivity index (χ2v) is 5.17. The zero-order chi connectivity index (χ0) is 14.1. The maximum atomic E-state index is 12.9. The maximum Gasteiger partial charge on any atom is 0.312 e. The fraction of sp³-hybridized carbons (Fsp3) is 0.429. The van der Waals surface area contributed by atoms with E-state index >= 15 is 0 Å². The molecule has 106 valence electrons. The summed E-state index contributed by atoms with van der Waals surface area (Å²) in [6.45, 7) is 2.89. The van der Waals surface area contributed by atoms with Crippen LogP contribution < -0.4 is 5.32 Å². The van der Waals surface area contributed by atoms with Crippen molar-refractivity contribution in [3.05, 3.63) is 35.6 Å². The zero-order valence-electron chi connectivity index (χ0n) is 11.0. The minimum atomic E-state index is -0.465. The van der Waals surface area contributed by atoms with Crippen molar-refractivity contribution in [2.75, 3.05) is 26.2 Å². The number of benzene rings is 1. The van der Waals surface area contributed by atoms with Gasteiger partial charge in [-0.2, -0.15) is 0 Å². The highest BCUT2D eigenvalue weighted by Gasteiger charge is 2.39. The number of fused-ring (bicyclic) bond motifs is 1. The molecule has 0 saturated carbocycles. The molecule has 1 aromatic carbocycles. The molecule has 5 nitrogen and oxygen atoms in total. The first-order valence-corrected chi connectivity index (χ1v) is 6.70. The van der Waals surface area contributed by atoms with Gasteiger partial charge in [0.15, 0.2) is 0 Å². The molecule has 0 aromatic heterocycles. The quantitative estimate of drug-likeness (QED) is 0.772. The minimum absolute atomic E-state index is 0.0365. The Morgan fingerprint density at radius 1 is 1.20 bits per heavy atom. The van der Waals surface area contributed by atoms with Gasteiger partial charge >= 0.3 is 11.8 Å². The molecule has 2 aliphatic rings. The van der Waals surface area contributed by atoms with Gasteiger partial charge in [0.05, 0.1) is 6.04 Å². The summed E-state index contributed by atoms with van der Waals surface area (Å²) in [6.07, 6.45) is 0. The third-order valence-electron chi connectivity index (χ3n) is 3.80. The van der Waals surface area contributed by atoms with Crippen molar-refractivity contribution in [1.82, 2.24) is 15.1 Å². The molecule has 0 bridgehead atoms. The third kappa shape index (κ3) is 2.38. The molecular weight excluding hydrogens is 261 g/mol. The molecule has 0 radical (unpaired) electrons. The fourth-order valence-corrected chi connectivity index (χ4v) is 2.73. The Balaban J connectivity index is 1.74. The van der Waals surface area contributed by atoms with E-state index in [1.807, 2.05) is 0 Å². The van der Waals surface area contributed by atoms with Crippen LogP contribution in [0, 0.1) is 5.82 Å². The maximum absolute atomic E-state index is 12.9. The van der Waals surface area contributed by atoms with Crippen LogP contribution in [0.15, 0.2) is 24.3 Å². The predicted octanol–water partition coefficient (Wildman–Crippen LogP) is -0.0317. The van der Waals surface area contributed by atoms with Crippen LogP contribution in [-0.2, 0) is 16.1 Å². The van der Waals surface area contributed by atoms with Crippen LogP contribution in [-0.4, -0.2) is 53.8 Å². The van der Waals surface area contributed by atoms with E-state index in [1.54, 1.807) is 21.9 Å².